The molecule has 2 N–H and O–H groups in total. The molecule has 1 atom stereocenters. The van der Waals surface area contributed by atoms with Crippen molar-refractivity contribution in [2.45, 2.75) is 32.7 Å². The largest absolute Gasteiger partial charge is 0.504 e. The molecule has 0 radical (unpaired) electrons. The number of rotatable bonds is 5. The number of phenols is 1. The van der Waals surface area contributed by atoms with Gasteiger partial charge >= 0.3 is 5.97 Å². The molecule has 1 saturated heterocycles. The lowest BCUT2D eigenvalue weighted by atomic mass is 9.99. The molecule has 1 aromatic carbocycles. The molecule has 1 heterocycles. The monoisotopic (exact) mass is 292 g/mol. The summed E-state index contributed by atoms with van der Waals surface area (Å²) in [7, 11) is 0. The van der Waals surface area contributed by atoms with Crippen molar-refractivity contribution >= 4 is 5.97 Å². The number of hydrogen-bond donors (Lipinski definition) is 2. The van der Waals surface area contributed by atoms with E-state index in [2.05, 4.69) is 17.1 Å². The first-order chi connectivity index (χ1) is 10.1. The molecule has 5 heteroatoms. The lowest BCUT2D eigenvalue weighted by Gasteiger charge is -2.35. The first kappa shape index (κ1) is 15.8. The highest BCUT2D eigenvalue weighted by molar-refractivity contribution is 5.70. The summed E-state index contributed by atoms with van der Waals surface area (Å²) in [6.07, 6.45) is 2.13. The van der Waals surface area contributed by atoms with Gasteiger partial charge in [-0.25, -0.2) is 0 Å². The molecule has 0 amide bonds. The minimum atomic E-state index is -0.426. The Kier molecular flexibility index (Phi) is 5.59. The number of ether oxygens (including phenoxy) is 1. The molecule has 1 fully saturated rings. The number of nitrogens with zero attached hydrogens (tertiary/aromatic N) is 1. The summed E-state index contributed by atoms with van der Waals surface area (Å²) in [6, 6.07) is 5.65. The molecule has 21 heavy (non-hydrogen) atoms. The molecule has 0 aliphatic carbocycles. The van der Waals surface area contributed by atoms with Crippen LogP contribution in [-0.2, 0) is 4.79 Å². The second-order valence-electron chi connectivity index (χ2n) is 5.41. The summed E-state index contributed by atoms with van der Waals surface area (Å²) in [4.78, 5) is 13.4. The van der Waals surface area contributed by atoms with Crippen molar-refractivity contribution in [1.29, 1.82) is 0 Å². The van der Waals surface area contributed by atoms with Gasteiger partial charge in [-0.05, 0) is 24.1 Å². The van der Waals surface area contributed by atoms with Gasteiger partial charge in [-0.3, -0.25) is 9.69 Å². The van der Waals surface area contributed by atoms with Gasteiger partial charge in [0.2, 0.25) is 0 Å². The second kappa shape index (κ2) is 7.43. The molecule has 5 nitrogen and oxygen atoms in total. The quantitative estimate of drug-likeness (QED) is 0.642. The number of carbonyl (C=O) groups is 1. The number of phenolic OH excluding ortho intramolecular Hbond substituents is 1. The maximum atomic E-state index is 11.0. The molecular formula is C16H24N2O3. The molecule has 0 saturated carbocycles. The van der Waals surface area contributed by atoms with Gasteiger partial charge in [0.1, 0.15) is 0 Å². The number of piperazine rings is 1. The maximum Gasteiger partial charge on any atom is 0.308 e. The van der Waals surface area contributed by atoms with Crippen LogP contribution in [0.2, 0.25) is 0 Å². The van der Waals surface area contributed by atoms with E-state index >= 15 is 0 Å². The number of benzene rings is 1. The minimum Gasteiger partial charge on any atom is -0.504 e. The number of hydrogen-bond acceptors (Lipinski definition) is 5. The van der Waals surface area contributed by atoms with Crippen molar-refractivity contribution in [2.24, 2.45) is 0 Å². The SMILES string of the molecule is CCC[C@@H](c1ccc(OC(C)=O)c(O)c1)N1CCNCC1. The molecule has 2 rings (SSSR count). The van der Waals surface area contributed by atoms with Gasteiger partial charge < -0.3 is 15.2 Å². The summed E-state index contributed by atoms with van der Waals surface area (Å²) >= 11 is 0. The summed E-state index contributed by atoms with van der Waals surface area (Å²) in [5.41, 5.74) is 1.08. The van der Waals surface area contributed by atoms with Crippen LogP contribution in [0, 0.1) is 0 Å². The summed E-state index contributed by atoms with van der Waals surface area (Å²) in [5.74, 6) is -0.175. The van der Waals surface area contributed by atoms with E-state index in [0.717, 1.165) is 44.6 Å². The zero-order valence-electron chi connectivity index (χ0n) is 12.8. The first-order valence-corrected chi connectivity index (χ1v) is 7.58. The highest BCUT2D eigenvalue weighted by Crippen LogP contribution is 2.33. The van der Waals surface area contributed by atoms with Crippen LogP contribution >= 0.6 is 0 Å². The van der Waals surface area contributed by atoms with Gasteiger partial charge in [0, 0.05) is 39.1 Å². The Bertz CT molecular complexity index is 484. The molecule has 1 aliphatic heterocycles. The lowest BCUT2D eigenvalue weighted by molar-refractivity contribution is -0.132. The zero-order valence-corrected chi connectivity index (χ0v) is 12.8. The van der Waals surface area contributed by atoms with Gasteiger partial charge in [-0.15, -0.1) is 0 Å². The Morgan fingerprint density at radius 1 is 1.43 bits per heavy atom. The maximum absolute atomic E-state index is 11.0. The van der Waals surface area contributed by atoms with Crippen LogP contribution in [0.3, 0.4) is 0 Å². The Morgan fingerprint density at radius 3 is 2.71 bits per heavy atom. The van der Waals surface area contributed by atoms with Crippen LogP contribution in [0.25, 0.3) is 0 Å². The number of nitrogens with one attached hydrogen (secondary N) is 1. The van der Waals surface area contributed by atoms with Crippen molar-refractivity contribution in [3.05, 3.63) is 23.8 Å². The second-order valence-corrected chi connectivity index (χ2v) is 5.41. The Labute approximate surface area is 125 Å². The van der Waals surface area contributed by atoms with E-state index < -0.39 is 5.97 Å². The molecule has 1 aromatic rings. The van der Waals surface area contributed by atoms with Crippen molar-refractivity contribution < 1.29 is 14.6 Å². The van der Waals surface area contributed by atoms with Crippen LogP contribution in [0.4, 0.5) is 0 Å². The van der Waals surface area contributed by atoms with E-state index in [-0.39, 0.29) is 11.5 Å². The van der Waals surface area contributed by atoms with E-state index in [1.54, 1.807) is 12.1 Å². The Morgan fingerprint density at radius 2 is 2.14 bits per heavy atom. The van der Waals surface area contributed by atoms with Gasteiger partial charge in [0.05, 0.1) is 0 Å². The number of aromatic hydroxyl groups is 1. The van der Waals surface area contributed by atoms with Crippen molar-refractivity contribution in [2.75, 3.05) is 26.2 Å². The molecule has 0 spiro atoms. The normalized spacial score (nSPS) is 17.4. The van der Waals surface area contributed by atoms with Gasteiger partial charge in [-0.2, -0.15) is 0 Å². The first-order valence-electron chi connectivity index (χ1n) is 7.58. The van der Waals surface area contributed by atoms with E-state index in [0.29, 0.717) is 6.04 Å². The van der Waals surface area contributed by atoms with Crippen LogP contribution in [0.15, 0.2) is 18.2 Å². The predicted molar refractivity (Wildman–Crippen MR) is 81.5 cm³/mol. The Balaban J connectivity index is 2.19. The molecular weight excluding hydrogens is 268 g/mol. The number of carbonyl (C=O) groups excluding carboxylic acids is 1. The lowest BCUT2D eigenvalue weighted by Crippen LogP contribution is -2.45. The molecule has 1 aliphatic rings. The average Bonchev–Trinajstić information content (AvgIpc) is 2.47. The van der Waals surface area contributed by atoms with Crippen molar-refractivity contribution in [1.82, 2.24) is 10.2 Å². The topological polar surface area (TPSA) is 61.8 Å². The summed E-state index contributed by atoms with van der Waals surface area (Å²) in [6.45, 7) is 7.51. The van der Waals surface area contributed by atoms with Crippen LogP contribution in [0.5, 0.6) is 11.5 Å². The number of esters is 1. The van der Waals surface area contributed by atoms with Crippen LogP contribution in [-0.4, -0.2) is 42.2 Å². The standard InChI is InChI=1S/C16H24N2O3/c1-3-4-14(18-9-7-17-8-10-18)13-5-6-16(15(20)11-13)21-12(2)19/h5-6,11,14,17,20H,3-4,7-10H2,1-2H3/t14-/m0/s1. The van der Waals surface area contributed by atoms with Crippen LogP contribution in [0.1, 0.15) is 38.3 Å². The third-order valence-electron chi connectivity index (χ3n) is 3.78. The third-order valence-corrected chi connectivity index (χ3v) is 3.78. The van der Waals surface area contributed by atoms with E-state index in [1.165, 1.54) is 6.92 Å². The van der Waals surface area contributed by atoms with Gasteiger partial charge in [-0.1, -0.05) is 19.4 Å². The van der Waals surface area contributed by atoms with E-state index in [1.807, 2.05) is 6.07 Å². The fraction of sp³-hybridized carbons (Fsp3) is 0.562. The molecule has 0 bridgehead atoms. The average molecular weight is 292 g/mol. The summed E-state index contributed by atoms with van der Waals surface area (Å²) in [5, 5.41) is 13.4. The highest BCUT2D eigenvalue weighted by Gasteiger charge is 2.22. The van der Waals surface area contributed by atoms with Gasteiger partial charge in [0.15, 0.2) is 11.5 Å². The predicted octanol–water partition coefficient (Wildman–Crippen LogP) is 2.06. The van der Waals surface area contributed by atoms with E-state index in [4.69, 9.17) is 4.74 Å². The zero-order chi connectivity index (χ0) is 15.2. The summed E-state index contributed by atoms with van der Waals surface area (Å²) < 4.78 is 4.97. The van der Waals surface area contributed by atoms with Crippen molar-refractivity contribution in [3.8, 4) is 11.5 Å². The minimum absolute atomic E-state index is 0.0268. The Hall–Kier alpha value is -1.59. The smallest absolute Gasteiger partial charge is 0.308 e. The fourth-order valence-electron chi connectivity index (χ4n) is 2.81. The van der Waals surface area contributed by atoms with Gasteiger partial charge in [0.25, 0.3) is 0 Å². The van der Waals surface area contributed by atoms with Crippen LogP contribution < -0.4 is 10.1 Å². The molecule has 0 aromatic heterocycles. The van der Waals surface area contributed by atoms with Crippen molar-refractivity contribution in [3.63, 3.8) is 0 Å². The fourth-order valence-corrected chi connectivity index (χ4v) is 2.81. The van der Waals surface area contributed by atoms with E-state index in [9.17, 15) is 9.90 Å². The molecule has 0 unspecified atom stereocenters. The highest BCUT2D eigenvalue weighted by atomic mass is 16.5. The third kappa shape index (κ3) is 4.19. The molecule has 116 valence electrons.